The summed E-state index contributed by atoms with van der Waals surface area (Å²) in [6, 6.07) is 14.7. The van der Waals surface area contributed by atoms with E-state index in [1.807, 2.05) is 36.4 Å². The van der Waals surface area contributed by atoms with Gasteiger partial charge in [0.05, 0.1) is 25.3 Å². The molecule has 4 rings (SSSR count). The Labute approximate surface area is 181 Å². The molecule has 152 valence electrons. The zero-order valence-electron chi connectivity index (χ0n) is 16.4. The van der Waals surface area contributed by atoms with E-state index in [1.165, 1.54) is 18.4 Å². The molecule has 0 aliphatic rings. The highest BCUT2D eigenvalue weighted by Gasteiger charge is 2.16. The molecule has 2 aromatic carbocycles. The second kappa shape index (κ2) is 8.30. The number of halogens is 1. The highest BCUT2D eigenvalue weighted by molar-refractivity contribution is 7.17. The average molecular weight is 441 g/mol. The number of fused-ring (bicyclic) bond motifs is 1. The van der Waals surface area contributed by atoms with Gasteiger partial charge in [-0.05, 0) is 49.4 Å². The minimum absolute atomic E-state index is 0.427. The first kappa shape index (κ1) is 20.1. The van der Waals surface area contributed by atoms with E-state index in [2.05, 4.69) is 4.98 Å². The normalized spacial score (nSPS) is 11.7. The van der Waals surface area contributed by atoms with Crippen molar-refractivity contribution in [3.05, 3.63) is 69.5 Å². The molecule has 0 bridgehead atoms. The highest BCUT2D eigenvalue weighted by atomic mass is 35.5. The third kappa shape index (κ3) is 3.94. The lowest BCUT2D eigenvalue weighted by atomic mass is 10.1. The highest BCUT2D eigenvalue weighted by Crippen LogP contribution is 2.28. The molecule has 0 fully saturated rings. The van der Waals surface area contributed by atoms with E-state index in [1.54, 1.807) is 26.2 Å². The van der Waals surface area contributed by atoms with Crippen LogP contribution < -0.4 is 10.1 Å². The summed E-state index contributed by atoms with van der Waals surface area (Å²) in [7, 11) is 2.94. The first-order valence-electron chi connectivity index (χ1n) is 8.97. The summed E-state index contributed by atoms with van der Waals surface area (Å²) in [5.74, 6) is 0.881. The first-order chi connectivity index (χ1) is 14.5. The summed E-state index contributed by atoms with van der Waals surface area (Å²) in [6.45, 7) is 1.75. The smallest absolute Gasteiger partial charge is 0.350 e. The van der Waals surface area contributed by atoms with Gasteiger partial charge in [0.25, 0.3) is 0 Å². The van der Waals surface area contributed by atoms with Gasteiger partial charge in [-0.25, -0.2) is 14.8 Å². The van der Waals surface area contributed by atoms with Crippen LogP contribution in [0.4, 0.5) is 5.13 Å². The minimum atomic E-state index is -0.428. The number of thiazole rings is 1. The maximum atomic E-state index is 11.9. The molecule has 30 heavy (non-hydrogen) atoms. The molecule has 6 nitrogen and oxygen atoms in total. The van der Waals surface area contributed by atoms with Crippen LogP contribution in [0.25, 0.3) is 22.3 Å². The largest absolute Gasteiger partial charge is 0.497 e. The van der Waals surface area contributed by atoms with E-state index < -0.39 is 5.97 Å². The van der Waals surface area contributed by atoms with Crippen molar-refractivity contribution in [1.82, 2.24) is 4.98 Å². The summed E-state index contributed by atoms with van der Waals surface area (Å²) in [6.07, 6.45) is 0. The summed E-state index contributed by atoms with van der Waals surface area (Å²) in [5, 5.41) is 2.50. The molecule has 0 atom stereocenters. The monoisotopic (exact) mass is 440 g/mol. The molecule has 0 N–H and O–H groups in total. The molecular formula is C22H17ClN2O4S. The molecule has 2 heterocycles. The third-order valence-electron chi connectivity index (χ3n) is 4.45. The molecule has 2 aromatic heterocycles. The van der Waals surface area contributed by atoms with Crippen LogP contribution in [0.5, 0.6) is 5.75 Å². The van der Waals surface area contributed by atoms with Gasteiger partial charge >= 0.3 is 5.97 Å². The Bertz CT molecular complexity index is 1310. The van der Waals surface area contributed by atoms with Crippen molar-refractivity contribution in [2.24, 2.45) is 4.99 Å². The van der Waals surface area contributed by atoms with E-state index in [4.69, 9.17) is 30.5 Å². The van der Waals surface area contributed by atoms with E-state index in [-0.39, 0.29) is 0 Å². The van der Waals surface area contributed by atoms with Gasteiger partial charge in [-0.15, -0.1) is 0 Å². The van der Waals surface area contributed by atoms with Crippen LogP contribution in [0.15, 0.2) is 57.9 Å². The van der Waals surface area contributed by atoms with Crippen molar-refractivity contribution in [3.8, 4) is 17.1 Å². The van der Waals surface area contributed by atoms with E-state index in [0.29, 0.717) is 43.2 Å². The van der Waals surface area contributed by atoms with Gasteiger partial charge in [-0.2, -0.15) is 0 Å². The number of rotatable bonds is 4. The van der Waals surface area contributed by atoms with Crippen LogP contribution >= 0.6 is 22.9 Å². The first-order valence-corrected chi connectivity index (χ1v) is 10.2. The predicted octanol–water partition coefficient (Wildman–Crippen LogP) is 5.55. The standard InChI is InChI=1S/C22H17ClN2O4S/c1-12-20(21(26)28-3)30-22(24-12)25-17-11-19(13-4-6-14(23)7-5-13)29-18-9-8-15(27-2)10-16(17)18/h4-11H,1-3H3. The van der Waals surface area contributed by atoms with E-state index in [9.17, 15) is 4.79 Å². The van der Waals surface area contributed by atoms with Crippen molar-refractivity contribution in [2.45, 2.75) is 6.92 Å². The predicted molar refractivity (Wildman–Crippen MR) is 117 cm³/mol. The summed E-state index contributed by atoms with van der Waals surface area (Å²) < 4.78 is 16.3. The minimum Gasteiger partial charge on any atom is -0.497 e. The Hall–Kier alpha value is -3.16. The summed E-state index contributed by atoms with van der Waals surface area (Å²) in [4.78, 5) is 21.5. The lowest BCUT2D eigenvalue weighted by Gasteiger charge is -2.06. The number of hydrogen-bond acceptors (Lipinski definition) is 7. The number of carbonyl (C=O) groups is 1. The second-order valence-corrected chi connectivity index (χ2v) is 7.79. The number of aryl methyl sites for hydroxylation is 1. The maximum absolute atomic E-state index is 11.9. The fourth-order valence-electron chi connectivity index (χ4n) is 2.94. The molecule has 0 radical (unpaired) electrons. The summed E-state index contributed by atoms with van der Waals surface area (Å²) >= 11 is 7.19. The Morgan fingerprint density at radius 1 is 1.13 bits per heavy atom. The average Bonchev–Trinajstić information content (AvgIpc) is 3.13. The van der Waals surface area contributed by atoms with Crippen LogP contribution in [0.2, 0.25) is 5.02 Å². The van der Waals surface area contributed by atoms with Gasteiger partial charge in [0, 0.05) is 22.0 Å². The van der Waals surface area contributed by atoms with Crippen molar-refractivity contribution < 1.29 is 18.7 Å². The number of methoxy groups -OCH3 is 2. The lowest BCUT2D eigenvalue weighted by Crippen LogP contribution is -2.03. The Morgan fingerprint density at radius 3 is 2.60 bits per heavy atom. The van der Waals surface area contributed by atoms with Crippen molar-refractivity contribution >= 4 is 45.0 Å². The topological polar surface area (TPSA) is 73.9 Å². The second-order valence-electron chi connectivity index (χ2n) is 6.38. The van der Waals surface area contributed by atoms with Gasteiger partial charge in [-0.1, -0.05) is 22.9 Å². The molecule has 0 spiro atoms. The molecule has 4 aromatic rings. The quantitative estimate of drug-likeness (QED) is 0.389. The number of aromatic nitrogens is 1. The number of esters is 1. The number of nitrogens with zero attached hydrogens (tertiary/aromatic N) is 2. The molecule has 0 unspecified atom stereocenters. The summed E-state index contributed by atoms with van der Waals surface area (Å²) in [5.41, 5.74) is 2.08. The molecule has 0 saturated heterocycles. The maximum Gasteiger partial charge on any atom is 0.350 e. The molecule has 0 aliphatic carbocycles. The van der Waals surface area contributed by atoms with Crippen molar-refractivity contribution in [3.63, 3.8) is 0 Å². The lowest BCUT2D eigenvalue weighted by molar-refractivity contribution is 0.0605. The SMILES string of the molecule is COC(=O)c1sc(N=c2cc(-c3ccc(Cl)cc3)oc3ccc(OC)cc23)nc1C. The Kier molecular flexibility index (Phi) is 5.57. The number of hydrogen-bond donors (Lipinski definition) is 0. The molecule has 8 heteroatoms. The molecule has 0 amide bonds. The number of ether oxygens (including phenoxy) is 2. The Balaban J connectivity index is 1.95. The third-order valence-corrected chi connectivity index (χ3v) is 5.73. The molecule has 0 aliphatic heterocycles. The van der Waals surface area contributed by atoms with Gasteiger partial charge in [-0.3, -0.25) is 0 Å². The van der Waals surface area contributed by atoms with Crippen LogP contribution in [-0.2, 0) is 4.74 Å². The number of benzene rings is 2. The van der Waals surface area contributed by atoms with E-state index in [0.717, 1.165) is 10.9 Å². The number of carbonyl (C=O) groups excluding carboxylic acids is 1. The fraction of sp³-hybridized carbons (Fsp3) is 0.136. The van der Waals surface area contributed by atoms with Crippen molar-refractivity contribution in [1.29, 1.82) is 0 Å². The van der Waals surface area contributed by atoms with Gasteiger partial charge in [0.2, 0.25) is 5.13 Å². The van der Waals surface area contributed by atoms with Gasteiger partial charge < -0.3 is 13.9 Å². The molecule has 0 saturated carbocycles. The Morgan fingerprint density at radius 2 is 1.90 bits per heavy atom. The van der Waals surface area contributed by atoms with Gasteiger partial charge in [0.15, 0.2) is 0 Å². The van der Waals surface area contributed by atoms with Crippen molar-refractivity contribution in [2.75, 3.05) is 14.2 Å². The van der Waals surface area contributed by atoms with Crippen LogP contribution in [0, 0.1) is 6.92 Å². The fourth-order valence-corrected chi connectivity index (χ4v) is 3.93. The zero-order chi connectivity index (χ0) is 21.3. The van der Waals surface area contributed by atoms with Crippen LogP contribution in [0.1, 0.15) is 15.4 Å². The van der Waals surface area contributed by atoms with Crippen LogP contribution in [-0.4, -0.2) is 25.2 Å². The van der Waals surface area contributed by atoms with Crippen LogP contribution in [0.3, 0.4) is 0 Å². The molecular weight excluding hydrogens is 424 g/mol. The van der Waals surface area contributed by atoms with Gasteiger partial charge in [0.1, 0.15) is 22.0 Å². The van der Waals surface area contributed by atoms with E-state index >= 15 is 0 Å². The zero-order valence-corrected chi connectivity index (χ0v) is 18.0.